The lowest BCUT2D eigenvalue weighted by Crippen LogP contribution is -2.37. The third-order valence-corrected chi connectivity index (χ3v) is 2.48. The van der Waals surface area contributed by atoms with Gasteiger partial charge < -0.3 is 10.6 Å². The summed E-state index contributed by atoms with van der Waals surface area (Å²) in [7, 11) is 2.06. The van der Waals surface area contributed by atoms with Gasteiger partial charge in [0.15, 0.2) is 0 Å². The minimum absolute atomic E-state index is 0.229. The number of nitrogens with zero attached hydrogens (tertiary/aromatic N) is 1. The lowest BCUT2D eigenvalue weighted by molar-refractivity contribution is -0.123. The van der Waals surface area contributed by atoms with Gasteiger partial charge in [-0.2, -0.15) is 0 Å². The molecule has 76 valence electrons. The molecule has 1 unspecified atom stereocenters. The highest BCUT2D eigenvalue weighted by Gasteiger charge is 2.28. The fourth-order valence-electron chi connectivity index (χ4n) is 1.79. The van der Waals surface area contributed by atoms with Crippen molar-refractivity contribution in [1.82, 2.24) is 4.90 Å². The first-order valence-corrected chi connectivity index (χ1v) is 4.88. The quantitative estimate of drug-likeness (QED) is 0.700. The summed E-state index contributed by atoms with van der Waals surface area (Å²) < 4.78 is 0. The molecule has 3 heteroatoms. The van der Waals surface area contributed by atoms with Gasteiger partial charge in [0.2, 0.25) is 0 Å². The van der Waals surface area contributed by atoms with Gasteiger partial charge >= 0.3 is 0 Å². The Balaban J connectivity index is 2.41. The van der Waals surface area contributed by atoms with Crippen LogP contribution >= 0.6 is 0 Å². The van der Waals surface area contributed by atoms with Crippen molar-refractivity contribution in [2.75, 3.05) is 20.1 Å². The Morgan fingerprint density at radius 1 is 1.62 bits per heavy atom. The molecule has 1 saturated heterocycles. The van der Waals surface area contributed by atoms with Crippen molar-refractivity contribution in [1.29, 1.82) is 0 Å². The Labute approximate surface area is 80.3 Å². The number of ketones is 1. The molecule has 0 amide bonds. The van der Waals surface area contributed by atoms with Crippen molar-refractivity contribution in [2.45, 2.75) is 32.2 Å². The Bertz CT molecular complexity index is 196. The summed E-state index contributed by atoms with van der Waals surface area (Å²) in [5.41, 5.74) is 5.46. The number of carbonyl (C=O) groups is 1. The predicted octanol–water partition coefficient (Wildman–Crippen LogP) is 0.635. The molecule has 1 fully saturated rings. The highest BCUT2D eigenvalue weighted by molar-refractivity contribution is 5.82. The SMILES string of the molecule is CN1CCC(C(=O)CC(C)(C)N)C1. The molecule has 0 aromatic heterocycles. The van der Waals surface area contributed by atoms with Crippen molar-refractivity contribution < 1.29 is 4.79 Å². The molecular formula is C10H20N2O. The molecule has 3 nitrogen and oxygen atoms in total. The zero-order chi connectivity index (χ0) is 10.1. The van der Waals surface area contributed by atoms with E-state index in [1.54, 1.807) is 0 Å². The van der Waals surface area contributed by atoms with Crippen molar-refractivity contribution in [3.05, 3.63) is 0 Å². The zero-order valence-corrected chi connectivity index (χ0v) is 8.84. The van der Waals surface area contributed by atoms with Crippen LogP contribution in [0.1, 0.15) is 26.7 Å². The van der Waals surface area contributed by atoms with Crippen molar-refractivity contribution in [2.24, 2.45) is 11.7 Å². The zero-order valence-electron chi connectivity index (χ0n) is 8.84. The molecule has 1 aliphatic rings. The molecular weight excluding hydrogens is 164 g/mol. The Hall–Kier alpha value is -0.410. The van der Waals surface area contributed by atoms with Gasteiger partial charge in [-0.25, -0.2) is 0 Å². The van der Waals surface area contributed by atoms with E-state index in [1.807, 2.05) is 13.8 Å². The Morgan fingerprint density at radius 2 is 2.23 bits per heavy atom. The highest BCUT2D eigenvalue weighted by Crippen LogP contribution is 2.19. The molecule has 0 spiro atoms. The van der Waals surface area contributed by atoms with Gasteiger partial charge in [-0.3, -0.25) is 4.79 Å². The summed E-state index contributed by atoms with van der Waals surface area (Å²) in [5, 5.41) is 0. The number of nitrogens with two attached hydrogens (primary N) is 1. The van der Waals surface area contributed by atoms with E-state index in [0.29, 0.717) is 12.2 Å². The molecule has 0 aromatic rings. The van der Waals surface area contributed by atoms with E-state index in [-0.39, 0.29) is 11.5 Å². The number of hydrogen-bond donors (Lipinski definition) is 1. The van der Waals surface area contributed by atoms with Crippen molar-refractivity contribution in [3.8, 4) is 0 Å². The summed E-state index contributed by atoms with van der Waals surface area (Å²) in [6.07, 6.45) is 1.51. The average Bonchev–Trinajstić information content (AvgIpc) is 2.31. The minimum Gasteiger partial charge on any atom is -0.325 e. The fourth-order valence-corrected chi connectivity index (χ4v) is 1.79. The molecule has 2 N–H and O–H groups in total. The number of likely N-dealkylation sites (tertiary alicyclic amines) is 1. The normalized spacial score (nSPS) is 25.1. The molecule has 0 saturated carbocycles. The Kier molecular flexibility index (Phi) is 3.09. The first-order valence-electron chi connectivity index (χ1n) is 4.88. The van der Waals surface area contributed by atoms with Crippen LogP contribution in [0.4, 0.5) is 0 Å². The summed E-state index contributed by atoms with van der Waals surface area (Å²) >= 11 is 0. The van der Waals surface area contributed by atoms with Gasteiger partial charge in [0, 0.05) is 24.4 Å². The fraction of sp³-hybridized carbons (Fsp3) is 0.900. The molecule has 0 bridgehead atoms. The van der Waals surface area contributed by atoms with E-state index in [0.717, 1.165) is 19.5 Å². The third-order valence-electron chi connectivity index (χ3n) is 2.48. The number of Topliss-reactive ketones (excluding diaryl/α,β-unsaturated/α-hetero) is 1. The van der Waals surface area contributed by atoms with Gasteiger partial charge in [-0.15, -0.1) is 0 Å². The van der Waals surface area contributed by atoms with Gasteiger partial charge in [0.1, 0.15) is 5.78 Å². The molecule has 0 aliphatic carbocycles. The maximum Gasteiger partial charge on any atom is 0.139 e. The highest BCUT2D eigenvalue weighted by atomic mass is 16.1. The van der Waals surface area contributed by atoms with Gasteiger partial charge in [0.05, 0.1) is 0 Å². The molecule has 1 heterocycles. The van der Waals surface area contributed by atoms with E-state index < -0.39 is 0 Å². The lowest BCUT2D eigenvalue weighted by Gasteiger charge is -2.19. The second-order valence-electron chi connectivity index (χ2n) is 4.88. The first kappa shape index (κ1) is 10.7. The van der Waals surface area contributed by atoms with Crippen molar-refractivity contribution in [3.63, 3.8) is 0 Å². The smallest absolute Gasteiger partial charge is 0.139 e. The van der Waals surface area contributed by atoms with Crippen LogP contribution in [0.15, 0.2) is 0 Å². The number of carbonyl (C=O) groups excluding carboxylic acids is 1. The summed E-state index contributed by atoms with van der Waals surface area (Å²) in [6, 6.07) is 0. The maximum absolute atomic E-state index is 11.7. The van der Waals surface area contributed by atoms with Crippen LogP contribution in [0.2, 0.25) is 0 Å². The van der Waals surface area contributed by atoms with Crippen LogP contribution in [-0.2, 0) is 4.79 Å². The summed E-state index contributed by atoms with van der Waals surface area (Å²) in [6.45, 7) is 5.77. The standard InChI is InChI=1S/C10H20N2O/c1-10(2,11)6-9(13)8-4-5-12(3)7-8/h8H,4-7,11H2,1-3H3. The molecule has 0 radical (unpaired) electrons. The van der Waals surface area contributed by atoms with E-state index in [1.165, 1.54) is 0 Å². The predicted molar refractivity (Wildman–Crippen MR) is 53.5 cm³/mol. The minimum atomic E-state index is -0.349. The Morgan fingerprint density at radius 3 is 2.62 bits per heavy atom. The molecule has 1 rings (SSSR count). The molecule has 1 aliphatic heterocycles. The molecule has 1 atom stereocenters. The van der Waals surface area contributed by atoms with Crippen LogP contribution in [0.5, 0.6) is 0 Å². The number of hydrogen-bond acceptors (Lipinski definition) is 3. The van der Waals surface area contributed by atoms with Crippen LogP contribution in [0, 0.1) is 5.92 Å². The van der Waals surface area contributed by atoms with Crippen LogP contribution in [0.25, 0.3) is 0 Å². The van der Waals surface area contributed by atoms with E-state index in [2.05, 4.69) is 11.9 Å². The van der Waals surface area contributed by atoms with Crippen LogP contribution in [0.3, 0.4) is 0 Å². The number of rotatable bonds is 3. The monoisotopic (exact) mass is 184 g/mol. The second kappa shape index (κ2) is 3.76. The van der Waals surface area contributed by atoms with E-state index in [4.69, 9.17) is 5.73 Å². The third kappa shape index (κ3) is 3.44. The van der Waals surface area contributed by atoms with Gasteiger partial charge in [-0.05, 0) is 33.9 Å². The second-order valence-corrected chi connectivity index (χ2v) is 4.88. The average molecular weight is 184 g/mol. The van der Waals surface area contributed by atoms with Crippen molar-refractivity contribution >= 4 is 5.78 Å². The maximum atomic E-state index is 11.7. The first-order chi connectivity index (χ1) is 5.88. The van der Waals surface area contributed by atoms with Gasteiger partial charge in [0.25, 0.3) is 0 Å². The summed E-state index contributed by atoms with van der Waals surface area (Å²) in [5.74, 6) is 0.560. The topological polar surface area (TPSA) is 46.3 Å². The lowest BCUT2D eigenvalue weighted by atomic mass is 9.91. The molecule has 13 heavy (non-hydrogen) atoms. The van der Waals surface area contributed by atoms with Gasteiger partial charge in [-0.1, -0.05) is 0 Å². The van der Waals surface area contributed by atoms with E-state index >= 15 is 0 Å². The largest absolute Gasteiger partial charge is 0.325 e. The molecule has 0 aromatic carbocycles. The van der Waals surface area contributed by atoms with E-state index in [9.17, 15) is 4.79 Å². The van der Waals surface area contributed by atoms with Crippen LogP contribution < -0.4 is 5.73 Å². The summed E-state index contributed by atoms with van der Waals surface area (Å²) in [4.78, 5) is 13.9. The van der Waals surface area contributed by atoms with Crippen LogP contribution in [-0.4, -0.2) is 36.4 Å².